The van der Waals surface area contributed by atoms with Gasteiger partial charge in [-0.1, -0.05) is 37.3 Å². The van der Waals surface area contributed by atoms with Gasteiger partial charge in [-0.3, -0.25) is 4.79 Å². The number of carboxylic acids is 1. The maximum atomic E-state index is 11.0. The molecule has 1 N–H and O–H groups in total. The second-order valence-electron chi connectivity index (χ2n) is 2.89. The lowest BCUT2D eigenvalue weighted by Crippen LogP contribution is -2.28. The lowest BCUT2D eigenvalue weighted by Gasteiger charge is -2.22. The SMILES string of the molecule is CCC(S)(C(=O)O)c1ccccc1. The Bertz CT molecular complexity index is 297. The van der Waals surface area contributed by atoms with Crippen molar-refractivity contribution in [2.24, 2.45) is 0 Å². The summed E-state index contributed by atoms with van der Waals surface area (Å²) in [6.07, 6.45) is 0.468. The zero-order valence-electron chi connectivity index (χ0n) is 7.40. The minimum atomic E-state index is -1.05. The van der Waals surface area contributed by atoms with Crippen molar-refractivity contribution in [2.45, 2.75) is 18.1 Å². The number of hydrogen-bond donors (Lipinski definition) is 2. The van der Waals surface area contributed by atoms with E-state index in [0.717, 1.165) is 5.56 Å². The summed E-state index contributed by atoms with van der Waals surface area (Å²) < 4.78 is -1.05. The highest BCUT2D eigenvalue weighted by Crippen LogP contribution is 2.32. The minimum absolute atomic E-state index is 0.468. The third kappa shape index (κ3) is 1.86. The van der Waals surface area contributed by atoms with Gasteiger partial charge in [0.15, 0.2) is 0 Å². The van der Waals surface area contributed by atoms with E-state index in [2.05, 4.69) is 12.6 Å². The Morgan fingerprint density at radius 1 is 1.46 bits per heavy atom. The third-order valence-electron chi connectivity index (χ3n) is 2.12. The first kappa shape index (κ1) is 10.1. The molecule has 1 aromatic rings. The number of rotatable bonds is 3. The summed E-state index contributed by atoms with van der Waals surface area (Å²) in [5.41, 5.74) is 0.730. The molecule has 0 radical (unpaired) electrons. The Hall–Kier alpha value is -0.960. The standard InChI is InChI=1S/C10H12O2S/c1-2-10(13,9(11)12)8-6-4-3-5-7-8/h3-7,13H,2H2,1H3,(H,11,12). The highest BCUT2D eigenvalue weighted by Gasteiger charge is 2.34. The predicted molar refractivity (Wildman–Crippen MR) is 55.0 cm³/mol. The zero-order valence-corrected chi connectivity index (χ0v) is 8.29. The molecule has 70 valence electrons. The molecule has 0 fully saturated rings. The van der Waals surface area contributed by atoms with E-state index in [-0.39, 0.29) is 0 Å². The topological polar surface area (TPSA) is 37.3 Å². The summed E-state index contributed by atoms with van der Waals surface area (Å²) >= 11 is 4.20. The van der Waals surface area contributed by atoms with Crippen LogP contribution >= 0.6 is 12.6 Å². The molecular weight excluding hydrogens is 184 g/mol. The molecule has 13 heavy (non-hydrogen) atoms. The minimum Gasteiger partial charge on any atom is -0.480 e. The molecule has 0 saturated heterocycles. The summed E-state index contributed by atoms with van der Waals surface area (Å²) in [6, 6.07) is 9.06. The van der Waals surface area contributed by atoms with E-state index in [1.165, 1.54) is 0 Å². The molecule has 0 heterocycles. The summed E-state index contributed by atoms with van der Waals surface area (Å²) in [5.74, 6) is -0.899. The van der Waals surface area contributed by atoms with Crippen LogP contribution in [0.25, 0.3) is 0 Å². The molecule has 0 aliphatic rings. The second-order valence-corrected chi connectivity index (χ2v) is 3.65. The van der Waals surface area contributed by atoms with Crippen LogP contribution in [-0.2, 0) is 9.54 Å². The fraction of sp³-hybridized carbons (Fsp3) is 0.300. The van der Waals surface area contributed by atoms with Gasteiger partial charge < -0.3 is 5.11 Å². The smallest absolute Gasteiger partial charge is 0.324 e. The molecule has 0 aromatic heterocycles. The number of hydrogen-bond acceptors (Lipinski definition) is 2. The second kappa shape index (κ2) is 3.83. The lowest BCUT2D eigenvalue weighted by atomic mass is 9.96. The normalized spacial score (nSPS) is 14.9. The predicted octanol–water partition coefficient (Wildman–Crippen LogP) is 2.31. The Kier molecular flexibility index (Phi) is 2.98. The van der Waals surface area contributed by atoms with E-state index in [9.17, 15) is 4.79 Å². The van der Waals surface area contributed by atoms with E-state index in [1.54, 1.807) is 12.1 Å². The molecule has 0 aliphatic heterocycles. The average molecular weight is 196 g/mol. The van der Waals surface area contributed by atoms with Crippen LogP contribution in [0.2, 0.25) is 0 Å². The van der Waals surface area contributed by atoms with Crippen molar-refractivity contribution in [3.8, 4) is 0 Å². The molecule has 1 aromatic carbocycles. The van der Waals surface area contributed by atoms with Crippen molar-refractivity contribution in [1.29, 1.82) is 0 Å². The van der Waals surface area contributed by atoms with Crippen LogP contribution in [0.15, 0.2) is 30.3 Å². The molecule has 0 spiro atoms. The molecule has 0 amide bonds. The van der Waals surface area contributed by atoms with E-state index in [4.69, 9.17) is 5.11 Å². The number of benzene rings is 1. The fourth-order valence-corrected chi connectivity index (χ4v) is 1.34. The van der Waals surface area contributed by atoms with Crippen molar-refractivity contribution in [2.75, 3.05) is 0 Å². The average Bonchev–Trinajstić information content (AvgIpc) is 2.17. The first-order chi connectivity index (χ1) is 6.11. The number of aliphatic carboxylic acids is 1. The molecule has 0 saturated carbocycles. The Balaban J connectivity index is 3.11. The first-order valence-electron chi connectivity index (χ1n) is 4.12. The van der Waals surface area contributed by atoms with Crippen LogP contribution in [0.1, 0.15) is 18.9 Å². The molecule has 0 aliphatic carbocycles. The highest BCUT2D eigenvalue weighted by atomic mass is 32.1. The maximum Gasteiger partial charge on any atom is 0.324 e. The summed E-state index contributed by atoms with van der Waals surface area (Å²) in [7, 11) is 0. The molecule has 2 nitrogen and oxygen atoms in total. The van der Waals surface area contributed by atoms with Crippen molar-refractivity contribution < 1.29 is 9.90 Å². The molecular formula is C10H12O2S. The number of carbonyl (C=O) groups is 1. The summed E-state index contributed by atoms with van der Waals surface area (Å²) in [6.45, 7) is 1.81. The summed E-state index contributed by atoms with van der Waals surface area (Å²) in [5, 5.41) is 9.01. The van der Waals surface area contributed by atoms with Crippen LogP contribution in [0, 0.1) is 0 Å². The van der Waals surface area contributed by atoms with Crippen LogP contribution in [-0.4, -0.2) is 11.1 Å². The van der Waals surface area contributed by atoms with E-state index in [1.807, 2.05) is 25.1 Å². The molecule has 1 atom stereocenters. The molecule has 3 heteroatoms. The van der Waals surface area contributed by atoms with Gasteiger partial charge in [0.2, 0.25) is 0 Å². The quantitative estimate of drug-likeness (QED) is 0.728. The molecule has 1 unspecified atom stereocenters. The fourth-order valence-electron chi connectivity index (χ4n) is 1.19. The summed E-state index contributed by atoms with van der Waals surface area (Å²) in [4.78, 5) is 11.0. The van der Waals surface area contributed by atoms with Gasteiger partial charge in [-0.15, -0.1) is 0 Å². The van der Waals surface area contributed by atoms with Gasteiger partial charge in [-0.05, 0) is 12.0 Å². The van der Waals surface area contributed by atoms with Gasteiger partial charge in [-0.2, -0.15) is 12.6 Å². The van der Waals surface area contributed by atoms with Crippen molar-refractivity contribution in [3.63, 3.8) is 0 Å². The van der Waals surface area contributed by atoms with Gasteiger partial charge in [0.05, 0.1) is 0 Å². The number of carboxylic acid groups (broad SMARTS) is 1. The Morgan fingerprint density at radius 3 is 2.38 bits per heavy atom. The van der Waals surface area contributed by atoms with Gasteiger partial charge in [0.1, 0.15) is 4.75 Å². The van der Waals surface area contributed by atoms with Gasteiger partial charge in [0.25, 0.3) is 0 Å². The highest BCUT2D eigenvalue weighted by molar-refractivity contribution is 7.82. The zero-order chi connectivity index (χ0) is 9.90. The Morgan fingerprint density at radius 2 is 2.00 bits per heavy atom. The van der Waals surface area contributed by atoms with E-state index >= 15 is 0 Å². The van der Waals surface area contributed by atoms with Gasteiger partial charge in [0, 0.05) is 0 Å². The lowest BCUT2D eigenvalue weighted by molar-refractivity contribution is -0.140. The largest absolute Gasteiger partial charge is 0.480 e. The maximum absolute atomic E-state index is 11.0. The first-order valence-corrected chi connectivity index (χ1v) is 4.57. The monoisotopic (exact) mass is 196 g/mol. The van der Waals surface area contributed by atoms with Gasteiger partial charge >= 0.3 is 5.97 Å². The van der Waals surface area contributed by atoms with Crippen molar-refractivity contribution >= 4 is 18.6 Å². The van der Waals surface area contributed by atoms with Gasteiger partial charge in [-0.25, -0.2) is 0 Å². The van der Waals surface area contributed by atoms with E-state index < -0.39 is 10.7 Å². The van der Waals surface area contributed by atoms with Crippen molar-refractivity contribution in [3.05, 3.63) is 35.9 Å². The molecule has 1 rings (SSSR count). The van der Waals surface area contributed by atoms with Crippen molar-refractivity contribution in [1.82, 2.24) is 0 Å². The van der Waals surface area contributed by atoms with Crippen LogP contribution < -0.4 is 0 Å². The van der Waals surface area contributed by atoms with Crippen LogP contribution in [0.3, 0.4) is 0 Å². The van der Waals surface area contributed by atoms with Crippen LogP contribution in [0.4, 0.5) is 0 Å². The number of thiol groups is 1. The Labute approximate surface area is 83.0 Å². The molecule has 0 bridgehead atoms. The third-order valence-corrected chi connectivity index (χ3v) is 2.88. The van der Waals surface area contributed by atoms with Crippen LogP contribution in [0.5, 0.6) is 0 Å². The van der Waals surface area contributed by atoms with E-state index in [0.29, 0.717) is 6.42 Å².